The van der Waals surface area contributed by atoms with E-state index in [-0.39, 0.29) is 153 Å². The number of hydrogen-bond acceptors (Lipinski definition) is 17. The number of benzene rings is 3. The largest absolute Gasteiger partial charge is 0.461 e. The highest BCUT2D eigenvalue weighted by Gasteiger charge is 2.50. The van der Waals surface area contributed by atoms with Gasteiger partial charge in [-0.2, -0.15) is 20.5 Å². The van der Waals surface area contributed by atoms with Crippen LogP contribution in [0.5, 0.6) is 6.01 Å². The van der Waals surface area contributed by atoms with Crippen molar-refractivity contribution in [3.05, 3.63) is 110 Å². The minimum atomic E-state index is -2.03. The molecule has 5 aliphatic heterocycles. The number of aromatic nitrogens is 4. The molecule has 0 saturated carbocycles. The molecule has 2 amide bonds. The van der Waals surface area contributed by atoms with Gasteiger partial charge in [0.15, 0.2) is 11.4 Å². The molecule has 7 aromatic rings. The maximum Gasteiger partial charge on any atom is 0.412 e. The van der Waals surface area contributed by atoms with E-state index in [1.807, 2.05) is 11.0 Å². The van der Waals surface area contributed by atoms with Crippen LogP contribution in [0, 0.1) is 40.1 Å². The lowest BCUT2D eigenvalue weighted by Crippen LogP contribution is -2.56. The summed E-state index contributed by atoms with van der Waals surface area (Å²) < 4.78 is 81.4. The van der Waals surface area contributed by atoms with E-state index in [9.17, 15) is 39.2 Å². The average molecular weight is 1140 g/mol. The molecule has 5 aliphatic rings. The molecule has 3 fully saturated rings. The number of nitrogens with one attached hydrogen (secondary N) is 1. The monoisotopic (exact) mass is 1140 g/mol. The number of piperazine rings is 1. The number of halogens is 5. The predicted molar refractivity (Wildman–Crippen MR) is 289 cm³/mol. The highest BCUT2D eigenvalue weighted by Crippen LogP contribution is 2.47. The fourth-order valence-corrected chi connectivity index (χ4v) is 13.4. The van der Waals surface area contributed by atoms with Gasteiger partial charge in [0, 0.05) is 77.1 Å². The zero-order valence-corrected chi connectivity index (χ0v) is 44.6. The first kappa shape index (κ1) is 53.2. The van der Waals surface area contributed by atoms with Crippen molar-refractivity contribution in [2.45, 2.75) is 75.5 Å². The zero-order chi connectivity index (χ0) is 57.0. The van der Waals surface area contributed by atoms with Gasteiger partial charge in [0.1, 0.15) is 60.0 Å². The number of amides is 2. The number of carbonyl (C=O) groups excluding carboxylic acids is 3. The van der Waals surface area contributed by atoms with Crippen LogP contribution in [-0.4, -0.2) is 116 Å². The highest BCUT2D eigenvalue weighted by atomic mass is 35.5. The van der Waals surface area contributed by atoms with E-state index >= 15 is 13.2 Å². The average Bonchev–Trinajstić information content (AvgIpc) is 4.27. The number of anilines is 3. The van der Waals surface area contributed by atoms with Crippen molar-refractivity contribution in [3.63, 3.8) is 0 Å². The standard InChI is InChI=1S/C56H46ClF4N11O8S/c1-3-56(77)35-16-41-45-28(20-72(41)51(74)34(35)24-78-52(56)75)13-27-14-40(38(60)17-39(27)65-45)66-54(76)79-23-26(2)50(73)71-12-11-69(22-30(71)7-9-62)49-32-15-36(57)43(31-5-6-37(59)47-42(31)33(19-63)48(64)81-47)44(61)46(32)67-53(68-49)80-25-55-8-4-10-70(55)21-29(58)18-55/h5-6,13-17,29-30,77H,2-4,7-8,10-12,18,20-25,64H2,1H3,(H,66,76)/t29-,30+,55+,56+/m1/s1. The van der Waals surface area contributed by atoms with Crippen LogP contribution in [0.4, 0.5) is 38.9 Å². The maximum atomic E-state index is 17.5. The number of nitrogen functional groups attached to an aromatic ring is 1. The van der Waals surface area contributed by atoms with Gasteiger partial charge in [-0.1, -0.05) is 31.2 Å². The van der Waals surface area contributed by atoms with E-state index in [1.54, 1.807) is 17.9 Å². The number of alkyl halides is 1. The first-order valence-electron chi connectivity index (χ1n) is 25.8. The number of aliphatic hydroxyl groups is 1. The minimum Gasteiger partial charge on any atom is -0.461 e. The van der Waals surface area contributed by atoms with Crippen molar-refractivity contribution in [2.24, 2.45) is 0 Å². The Bertz CT molecular complexity index is 4090. The molecule has 0 aliphatic carbocycles. The van der Waals surface area contributed by atoms with Crippen molar-refractivity contribution in [2.75, 3.05) is 61.9 Å². The fraction of sp³-hybridized carbons (Fsp3) is 0.339. The van der Waals surface area contributed by atoms with Crippen LogP contribution in [0.2, 0.25) is 5.02 Å². The second kappa shape index (κ2) is 20.0. The predicted octanol–water partition coefficient (Wildman–Crippen LogP) is 8.12. The van der Waals surface area contributed by atoms with Crippen molar-refractivity contribution >= 4 is 89.3 Å². The zero-order valence-electron chi connectivity index (χ0n) is 43.0. The van der Waals surface area contributed by atoms with Crippen molar-refractivity contribution in [3.8, 4) is 40.7 Å². The van der Waals surface area contributed by atoms with Crippen molar-refractivity contribution in [1.29, 1.82) is 10.5 Å². The number of ether oxygens (including phenoxy) is 3. The Morgan fingerprint density at radius 2 is 1.89 bits per heavy atom. The molecule has 4 N–H and O–H groups in total. The van der Waals surface area contributed by atoms with E-state index < -0.39 is 70.9 Å². The molecule has 12 rings (SSSR count). The van der Waals surface area contributed by atoms with E-state index in [0.717, 1.165) is 29.9 Å². The molecule has 0 unspecified atom stereocenters. The SMILES string of the molecule is C=C(COC(=O)Nc1cc2cc3c(nc2cc1F)-c1cc2c(c(=O)n1C3)COC(=O)[C@]2(O)CC)C(=O)N1CCN(c2nc(OC[C@@]34CCCN3C[C@H](F)C4)nc3c(F)c(-c4ccc(F)c5sc(N)c(C#N)c45)c(Cl)cc23)C[C@@H]1CC#N. The molecule has 19 nitrogen and oxygen atoms in total. The second-order valence-corrected chi connectivity index (χ2v) is 22.2. The number of esters is 1. The molecule has 25 heteroatoms. The molecule has 4 aromatic heterocycles. The molecular formula is C56H46ClF4N11O8S. The number of rotatable bonds is 11. The summed E-state index contributed by atoms with van der Waals surface area (Å²) in [7, 11) is 0. The highest BCUT2D eigenvalue weighted by molar-refractivity contribution is 7.23. The minimum absolute atomic E-state index is 0.00610. The quantitative estimate of drug-likeness (QED) is 0.0628. The summed E-state index contributed by atoms with van der Waals surface area (Å²) >= 11 is 7.79. The molecule has 0 bridgehead atoms. The lowest BCUT2D eigenvalue weighted by molar-refractivity contribution is -0.172. The maximum absolute atomic E-state index is 17.5. The normalized spacial score (nSPS) is 21.1. The first-order chi connectivity index (χ1) is 38.8. The van der Waals surface area contributed by atoms with Crippen LogP contribution in [0.3, 0.4) is 0 Å². The van der Waals surface area contributed by atoms with Crippen LogP contribution >= 0.6 is 22.9 Å². The number of nitrogens with two attached hydrogens (primary N) is 1. The van der Waals surface area contributed by atoms with Gasteiger partial charge in [-0.3, -0.25) is 19.8 Å². The van der Waals surface area contributed by atoms with Gasteiger partial charge in [0.2, 0.25) is 0 Å². The van der Waals surface area contributed by atoms with Crippen molar-refractivity contribution in [1.82, 2.24) is 29.3 Å². The summed E-state index contributed by atoms with van der Waals surface area (Å²) in [5.41, 5.74) is 3.81. The Labute approximate surface area is 466 Å². The van der Waals surface area contributed by atoms with Gasteiger partial charge < -0.3 is 39.4 Å². The van der Waals surface area contributed by atoms with Gasteiger partial charge in [0.05, 0.1) is 74.1 Å². The van der Waals surface area contributed by atoms with Gasteiger partial charge in [-0.15, -0.1) is 11.3 Å². The molecule has 414 valence electrons. The summed E-state index contributed by atoms with van der Waals surface area (Å²) in [5, 5.41) is 34.1. The smallest absolute Gasteiger partial charge is 0.412 e. The topological polar surface area (TPSA) is 255 Å². The Hall–Kier alpha value is -8.42. The molecular weight excluding hydrogens is 1100 g/mol. The third-order valence-electron chi connectivity index (χ3n) is 16.2. The number of nitrogens with zero attached hydrogens (tertiary/aromatic N) is 9. The van der Waals surface area contributed by atoms with Gasteiger partial charge in [-0.05, 0) is 61.7 Å². The van der Waals surface area contributed by atoms with Crippen LogP contribution in [0.25, 0.3) is 54.4 Å². The number of nitriles is 2. The summed E-state index contributed by atoms with van der Waals surface area (Å²) in [5.74, 6) is -3.90. The number of carbonyl (C=O) groups is 3. The molecule has 3 saturated heterocycles. The Morgan fingerprint density at radius 1 is 1.07 bits per heavy atom. The van der Waals surface area contributed by atoms with Crippen LogP contribution in [0.15, 0.2) is 59.4 Å². The number of fused-ring (bicyclic) bond motifs is 8. The summed E-state index contributed by atoms with van der Waals surface area (Å²) in [4.78, 5) is 72.6. The Kier molecular flexibility index (Phi) is 13.1. The first-order valence-corrected chi connectivity index (χ1v) is 27.0. The van der Waals surface area contributed by atoms with Gasteiger partial charge >= 0.3 is 18.1 Å². The fourth-order valence-electron chi connectivity index (χ4n) is 12.1. The van der Waals surface area contributed by atoms with E-state index in [2.05, 4.69) is 27.9 Å². The Balaban J connectivity index is 0.774. The molecule has 0 spiro atoms. The van der Waals surface area contributed by atoms with Gasteiger partial charge in [-0.25, -0.2) is 32.1 Å². The lowest BCUT2D eigenvalue weighted by atomic mass is 9.86. The number of cyclic esters (lactones) is 1. The van der Waals surface area contributed by atoms with E-state index in [1.165, 1.54) is 33.7 Å². The number of pyridine rings is 2. The molecule has 3 aromatic carbocycles. The number of thiophene rings is 1. The molecule has 9 heterocycles. The second-order valence-electron chi connectivity index (χ2n) is 20.8. The van der Waals surface area contributed by atoms with Crippen molar-refractivity contribution < 1.29 is 51.3 Å². The summed E-state index contributed by atoms with van der Waals surface area (Å²) in [6.45, 7) is 5.48. The molecule has 4 atom stereocenters. The summed E-state index contributed by atoms with van der Waals surface area (Å²) in [6.07, 6.45) is -0.731. The third-order valence-corrected chi connectivity index (χ3v) is 17.5. The van der Waals surface area contributed by atoms with E-state index in [4.69, 9.17) is 36.5 Å². The molecule has 0 radical (unpaired) electrons. The van der Waals surface area contributed by atoms with Crippen LogP contribution in [-0.2, 0) is 37.8 Å². The van der Waals surface area contributed by atoms with Gasteiger partial charge in [0.25, 0.3) is 11.5 Å². The van der Waals surface area contributed by atoms with Crippen LogP contribution < -0.4 is 26.2 Å². The van der Waals surface area contributed by atoms with E-state index in [0.29, 0.717) is 35.3 Å². The number of hydrogen-bond donors (Lipinski definition) is 3. The molecule has 81 heavy (non-hydrogen) atoms. The third kappa shape index (κ3) is 8.70. The van der Waals surface area contributed by atoms with Crippen LogP contribution in [0.1, 0.15) is 61.3 Å². The lowest BCUT2D eigenvalue weighted by Gasteiger charge is -2.41. The summed E-state index contributed by atoms with van der Waals surface area (Å²) in [6, 6.07) is 12.5. The Morgan fingerprint density at radius 3 is 2.67 bits per heavy atom.